The number of piperazine rings is 1. The van der Waals surface area contributed by atoms with E-state index in [-0.39, 0.29) is 10.6 Å². The maximum atomic E-state index is 12.9. The van der Waals surface area contributed by atoms with Gasteiger partial charge in [0.15, 0.2) is 11.5 Å². The topological polar surface area (TPSA) is 107 Å². The maximum absolute atomic E-state index is 12.9. The number of ether oxygens (including phenoxy) is 2. The van der Waals surface area contributed by atoms with Gasteiger partial charge in [0, 0.05) is 46.0 Å². The summed E-state index contributed by atoms with van der Waals surface area (Å²) in [5.74, 6) is 0.680. The van der Waals surface area contributed by atoms with Gasteiger partial charge in [0.25, 0.3) is 5.91 Å². The number of aryl methyl sites for hydroxylation is 1. The van der Waals surface area contributed by atoms with E-state index in [2.05, 4.69) is 4.90 Å². The summed E-state index contributed by atoms with van der Waals surface area (Å²) in [6.07, 6.45) is 1.42. The first-order chi connectivity index (χ1) is 13.8. The molecule has 2 aromatic rings. The van der Waals surface area contributed by atoms with E-state index in [0.717, 1.165) is 5.56 Å². The summed E-state index contributed by atoms with van der Waals surface area (Å²) in [6.45, 7) is 2.63. The number of primary amides is 1. The van der Waals surface area contributed by atoms with Crippen LogP contribution in [0.25, 0.3) is 0 Å². The van der Waals surface area contributed by atoms with E-state index in [9.17, 15) is 13.2 Å². The average Bonchev–Trinajstić information content (AvgIpc) is 3.11. The summed E-state index contributed by atoms with van der Waals surface area (Å²) >= 11 is 0. The number of sulfonamides is 1. The van der Waals surface area contributed by atoms with Crippen molar-refractivity contribution in [1.82, 2.24) is 13.8 Å². The van der Waals surface area contributed by atoms with Gasteiger partial charge in [0.05, 0.1) is 14.2 Å². The number of nitrogens with zero attached hydrogens (tertiary/aromatic N) is 3. The monoisotopic (exact) mass is 422 g/mol. The van der Waals surface area contributed by atoms with Crippen LogP contribution in [0.1, 0.15) is 16.1 Å². The van der Waals surface area contributed by atoms with Gasteiger partial charge in [-0.15, -0.1) is 0 Å². The summed E-state index contributed by atoms with van der Waals surface area (Å²) < 4.78 is 39.3. The highest BCUT2D eigenvalue weighted by Gasteiger charge is 2.30. The number of nitrogens with two attached hydrogens (primary N) is 1. The second-order valence-electron chi connectivity index (χ2n) is 6.91. The molecular weight excluding hydrogens is 396 g/mol. The molecule has 158 valence electrons. The van der Waals surface area contributed by atoms with Crippen LogP contribution in [0.2, 0.25) is 0 Å². The van der Waals surface area contributed by atoms with Gasteiger partial charge < -0.3 is 19.8 Å². The van der Waals surface area contributed by atoms with E-state index in [1.54, 1.807) is 21.3 Å². The number of carbonyl (C=O) groups excluding carboxylic acids is 1. The van der Waals surface area contributed by atoms with Crippen molar-refractivity contribution in [3.05, 3.63) is 41.7 Å². The van der Waals surface area contributed by atoms with E-state index in [4.69, 9.17) is 15.2 Å². The predicted octanol–water partition coefficient (Wildman–Crippen LogP) is 0.648. The first kappa shape index (κ1) is 21.2. The lowest BCUT2D eigenvalue weighted by molar-refractivity contribution is 0.0992. The molecule has 1 fully saturated rings. The molecule has 3 rings (SSSR count). The Morgan fingerprint density at radius 3 is 2.28 bits per heavy atom. The second kappa shape index (κ2) is 8.44. The number of hydrogen-bond donors (Lipinski definition) is 1. The quantitative estimate of drug-likeness (QED) is 0.702. The Hall–Kier alpha value is -2.56. The number of hydrogen-bond acceptors (Lipinski definition) is 6. The summed E-state index contributed by atoms with van der Waals surface area (Å²) in [4.78, 5) is 13.7. The molecule has 1 aromatic heterocycles. The molecule has 0 unspecified atom stereocenters. The van der Waals surface area contributed by atoms with Gasteiger partial charge in [0.1, 0.15) is 10.6 Å². The highest BCUT2D eigenvalue weighted by atomic mass is 32.2. The molecule has 0 radical (unpaired) electrons. The van der Waals surface area contributed by atoms with E-state index >= 15 is 0 Å². The summed E-state index contributed by atoms with van der Waals surface area (Å²) in [6, 6.07) is 7.09. The van der Waals surface area contributed by atoms with E-state index in [1.165, 1.54) is 21.1 Å². The van der Waals surface area contributed by atoms with Gasteiger partial charge in [-0.3, -0.25) is 9.69 Å². The zero-order chi connectivity index (χ0) is 21.2. The zero-order valence-electron chi connectivity index (χ0n) is 16.8. The number of rotatable bonds is 7. The Morgan fingerprint density at radius 1 is 1.07 bits per heavy atom. The van der Waals surface area contributed by atoms with Crippen LogP contribution >= 0.6 is 0 Å². The molecule has 0 saturated carbocycles. The molecule has 0 spiro atoms. The van der Waals surface area contributed by atoms with Crippen LogP contribution in [0.4, 0.5) is 0 Å². The number of methoxy groups -OCH3 is 2. The molecule has 0 aliphatic carbocycles. The lowest BCUT2D eigenvalue weighted by Crippen LogP contribution is -2.48. The smallest absolute Gasteiger partial charge is 0.265 e. The van der Waals surface area contributed by atoms with Gasteiger partial charge in [-0.05, 0) is 23.8 Å². The molecule has 10 heteroatoms. The standard InChI is InChI=1S/C19H26N4O5S/c1-21-13-15(11-16(21)19(20)24)29(25,26)23-8-6-22(7-9-23)12-14-4-5-17(27-2)18(10-14)28-3/h4-5,10-11,13H,6-9,12H2,1-3H3,(H2,20,24). The molecule has 1 aromatic carbocycles. The molecular formula is C19H26N4O5S. The largest absolute Gasteiger partial charge is 0.493 e. The molecule has 1 aliphatic rings. The van der Waals surface area contributed by atoms with E-state index in [1.807, 2.05) is 18.2 Å². The van der Waals surface area contributed by atoms with Gasteiger partial charge in [-0.1, -0.05) is 6.07 Å². The molecule has 2 N–H and O–H groups in total. The third-order valence-electron chi connectivity index (χ3n) is 5.06. The van der Waals surface area contributed by atoms with Crippen molar-refractivity contribution in [2.45, 2.75) is 11.4 Å². The maximum Gasteiger partial charge on any atom is 0.265 e. The fourth-order valence-corrected chi connectivity index (χ4v) is 4.93. The third kappa shape index (κ3) is 4.39. The number of carbonyl (C=O) groups is 1. The van der Waals surface area contributed by atoms with Gasteiger partial charge in [-0.25, -0.2) is 8.42 Å². The van der Waals surface area contributed by atoms with Crippen LogP contribution < -0.4 is 15.2 Å². The Labute approximate surface area is 170 Å². The second-order valence-corrected chi connectivity index (χ2v) is 8.84. The minimum absolute atomic E-state index is 0.0853. The van der Waals surface area contributed by atoms with Crippen LogP contribution in [0.15, 0.2) is 35.4 Å². The van der Waals surface area contributed by atoms with Gasteiger partial charge >= 0.3 is 0 Å². The van der Waals surface area contributed by atoms with Crippen molar-refractivity contribution < 1.29 is 22.7 Å². The van der Waals surface area contributed by atoms with Crippen LogP contribution in [0.3, 0.4) is 0 Å². The van der Waals surface area contributed by atoms with Crippen LogP contribution in [-0.2, 0) is 23.6 Å². The normalized spacial score (nSPS) is 16.0. The first-order valence-electron chi connectivity index (χ1n) is 9.16. The summed E-state index contributed by atoms with van der Waals surface area (Å²) in [5, 5.41) is 0. The van der Waals surface area contributed by atoms with Crippen molar-refractivity contribution in [1.29, 1.82) is 0 Å². The number of benzene rings is 1. The van der Waals surface area contributed by atoms with Crippen LogP contribution in [0, 0.1) is 0 Å². The number of aromatic nitrogens is 1. The van der Waals surface area contributed by atoms with E-state index in [0.29, 0.717) is 44.2 Å². The molecule has 9 nitrogen and oxygen atoms in total. The van der Waals surface area contributed by atoms with E-state index < -0.39 is 15.9 Å². The van der Waals surface area contributed by atoms with Crippen LogP contribution in [-0.4, -0.2) is 68.5 Å². The molecule has 1 saturated heterocycles. The SMILES string of the molecule is COc1ccc(CN2CCN(S(=O)(=O)c3cc(C(N)=O)n(C)c3)CC2)cc1OC. The van der Waals surface area contributed by atoms with Gasteiger partial charge in [-0.2, -0.15) is 4.31 Å². The fourth-order valence-electron chi connectivity index (χ4n) is 3.43. The fraction of sp³-hybridized carbons (Fsp3) is 0.421. The molecule has 0 bridgehead atoms. The predicted molar refractivity (Wildman–Crippen MR) is 108 cm³/mol. The van der Waals surface area contributed by atoms with Crippen molar-refractivity contribution in [3.8, 4) is 11.5 Å². The van der Waals surface area contributed by atoms with Crippen molar-refractivity contribution in [2.75, 3.05) is 40.4 Å². The minimum atomic E-state index is -3.67. The van der Waals surface area contributed by atoms with Crippen LogP contribution in [0.5, 0.6) is 11.5 Å². The lowest BCUT2D eigenvalue weighted by Gasteiger charge is -2.33. The Morgan fingerprint density at radius 2 is 1.72 bits per heavy atom. The van der Waals surface area contributed by atoms with Crippen molar-refractivity contribution in [2.24, 2.45) is 12.8 Å². The first-order valence-corrected chi connectivity index (χ1v) is 10.6. The average molecular weight is 423 g/mol. The Balaban J connectivity index is 1.66. The Bertz CT molecular complexity index is 994. The zero-order valence-corrected chi connectivity index (χ0v) is 17.6. The summed E-state index contributed by atoms with van der Waals surface area (Å²) in [5.41, 5.74) is 6.51. The highest BCUT2D eigenvalue weighted by molar-refractivity contribution is 7.89. The minimum Gasteiger partial charge on any atom is -0.493 e. The summed E-state index contributed by atoms with van der Waals surface area (Å²) in [7, 11) is 1.12. The Kier molecular flexibility index (Phi) is 6.15. The number of amides is 1. The molecule has 2 heterocycles. The molecule has 29 heavy (non-hydrogen) atoms. The van der Waals surface area contributed by atoms with Crippen molar-refractivity contribution in [3.63, 3.8) is 0 Å². The lowest BCUT2D eigenvalue weighted by atomic mass is 10.1. The molecule has 0 atom stereocenters. The molecule has 1 amide bonds. The third-order valence-corrected chi connectivity index (χ3v) is 6.92. The van der Waals surface area contributed by atoms with Gasteiger partial charge in [0.2, 0.25) is 10.0 Å². The molecule has 1 aliphatic heterocycles. The highest BCUT2D eigenvalue weighted by Crippen LogP contribution is 2.28. The van der Waals surface area contributed by atoms with Crippen molar-refractivity contribution >= 4 is 15.9 Å².